The van der Waals surface area contributed by atoms with Crippen molar-refractivity contribution in [2.75, 3.05) is 45.9 Å². The number of nitrogens with zero attached hydrogens (tertiary/aromatic N) is 2. The Morgan fingerprint density at radius 2 is 1.87 bits per heavy atom. The predicted molar refractivity (Wildman–Crippen MR) is 86.7 cm³/mol. The van der Waals surface area contributed by atoms with Gasteiger partial charge in [-0.2, -0.15) is 4.31 Å². The van der Waals surface area contributed by atoms with Crippen LogP contribution < -0.4 is 0 Å². The van der Waals surface area contributed by atoms with Crippen LogP contribution in [0.25, 0.3) is 0 Å². The highest BCUT2D eigenvalue weighted by Gasteiger charge is 2.15. The molecule has 0 bridgehead atoms. The van der Waals surface area contributed by atoms with Crippen molar-refractivity contribution in [3.63, 3.8) is 0 Å². The van der Waals surface area contributed by atoms with Crippen LogP contribution in [0, 0.1) is 0 Å². The maximum Gasteiger partial charge on any atom is 0.335 e. The first-order chi connectivity index (χ1) is 11.1. The second kappa shape index (κ2) is 9.09. The second-order valence-electron chi connectivity index (χ2n) is 5.37. The molecule has 0 aromatic heterocycles. The van der Waals surface area contributed by atoms with Gasteiger partial charge in [0, 0.05) is 32.7 Å². The summed E-state index contributed by atoms with van der Waals surface area (Å²) in [5.74, 6) is -0.958. The smallest absolute Gasteiger partial charge is 0.335 e. The summed E-state index contributed by atoms with van der Waals surface area (Å²) in [5.41, 5.74) is 1.18. The summed E-state index contributed by atoms with van der Waals surface area (Å²) in [4.78, 5) is 13.0. The van der Waals surface area contributed by atoms with E-state index in [1.54, 1.807) is 24.3 Å². The highest BCUT2D eigenvalue weighted by atomic mass is 32.2. The van der Waals surface area contributed by atoms with Crippen molar-refractivity contribution in [2.24, 2.45) is 0 Å². The minimum Gasteiger partial charge on any atom is -0.478 e. The molecule has 1 aromatic rings. The summed E-state index contributed by atoms with van der Waals surface area (Å²) in [6, 6.07) is 6.57. The summed E-state index contributed by atoms with van der Waals surface area (Å²) in [6.45, 7) is 4.80. The number of ether oxygens (including phenoxy) is 1. The fraction of sp³-hybridized carbons (Fsp3) is 0.533. The highest BCUT2D eigenvalue weighted by Crippen LogP contribution is 2.07. The largest absolute Gasteiger partial charge is 0.478 e. The third-order valence-electron chi connectivity index (χ3n) is 3.84. The van der Waals surface area contributed by atoms with Gasteiger partial charge in [-0.3, -0.25) is 9.45 Å². The molecule has 0 aliphatic carbocycles. The average molecular weight is 342 g/mol. The van der Waals surface area contributed by atoms with Gasteiger partial charge in [0.1, 0.15) is 0 Å². The van der Waals surface area contributed by atoms with Crippen molar-refractivity contribution in [3.8, 4) is 0 Å². The van der Waals surface area contributed by atoms with E-state index in [2.05, 4.69) is 4.90 Å². The van der Waals surface area contributed by atoms with Gasteiger partial charge in [0.2, 0.25) is 11.3 Å². The number of aromatic carboxylic acids is 1. The number of morpholine rings is 1. The van der Waals surface area contributed by atoms with Crippen molar-refractivity contribution in [1.29, 1.82) is 0 Å². The summed E-state index contributed by atoms with van der Waals surface area (Å²) in [6.07, 6.45) is 0.593. The number of rotatable bonds is 8. The fourth-order valence-electron chi connectivity index (χ4n) is 2.41. The summed E-state index contributed by atoms with van der Waals surface area (Å²) in [7, 11) is 0. The van der Waals surface area contributed by atoms with Crippen LogP contribution in [0.3, 0.4) is 0 Å². The first-order valence-corrected chi connectivity index (χ1v) is 8.61. The Morgan fingerprint density at radius 1 is 1.22 bits per heavy atom. The fourth-order valence-corrected chi connectivity index (χ4v) is 2.90. The monoisotopic (exact) mass is 342 g/mol. The lowest BCUT2D eigenvalue weighted by Crippen LogP contribution is -2.42. The first-order valence-electron chi connectivity index (χ1n) is 7.54. The topological polar surface area (TPSA) is 90.3 Å². The van der Waals surface area contributed by atoms with Gasteiger partial charge in [0.25, 0.3) is 0 Å². The van der Waals surface area contributed by atoms with E-state index in [1.165, 1.54) is 4.31 Å². The third kappa shape index (κ3) is 6.00. The van der Waals surface area contributed by atoms with E-state index in [0.29, 0.717) is 32.7 Å². The number of carboxylic acids is 1. The highest BCUT2D eigenvalue weighted by molar-refractivity contribution is 7.76. The molecule has 0 saturated carbocycles. The van der Waals surface area contributed by atoms with Crippen molar-refractivity contribution < 1.29 is 23.4 Å². The van der Waals surface area contributed by atoms with Gasteiger partial charge in [-0.05, 0) is 24.1 Å². The number of hydrogen-bond donors (Lipinski definition) is 2. The average Bonchev–Trinajstić information content (AvgIpc) is 2.56. The van der Waals surface area contributed by atoms with E-state index in [4.69, 9.17) is 9.84 Å². The number of hydrogen-bond acceptors (Lipinski definition) is 4. The normalized spacial score (nSPS) is 17.3. The van der Waals surface area contributed by atoms with Gasteiger partial charge < -0.3 is 9.84 Å². The molecule has 1 unspecified atom stereocenters. The summed E-state index contributed by atoms with van der Waals surface area (Å²) < 4.78 is 27.7. The molecule has 128 valence electrons. The van der Waals surface area contributed by atoms with Crippen LogP contribution in [0.1, 0.15) is 15.9 Å². The summed E-state index contributed by atoms with van der Waals surface area (Å²) >= 11 is -2.01. The molecule has 0 radical (unpaired) electrons. The Bertz CT molecular complexity index is 531. The zero-order chi connectivity index (χ0) is 16.7. The van der Waals surface area contributed by atoms with E-state index in [1.807, 2.05) is 0 Å². The van der Waals surface area contributed by atoms with Gasteiger partial charge in [-0.15, -0.1) is 0 Å². The molecule has 8 heteroatoms. The molecule has 23 heavy (non-hydrogen) atoms. The Morgan fingerprint density at radius 3 is 2.43 bits per heavy atom. The molecule has 1 atom stereocenters. The SMILES string of the molecule is O=C(O)c1ccc(CCN(CCN2CCOCC2)S(=O)O)cc1. The van der Waals surface area contributed by atoms with Crippen LogP contribution in [0.5, 0.6) is 0 Å². The van der Waals surface area contributed by atoms with Gasteiger partial charge in [-0.1, -0.05) is 12.1 Å². The first kappa shape index (κ1) is 18.0. The molecule has 2 N–H and O–H groups in total. The lowest BCUT2D eigenvalue weighted by Gasteiger charge is -2.28. The molecular weight excluding hydrogens is 320 g/mol. The van der Waals surface area contributed by atoms with Crippen molar-refractivity contribution in [3.05, 3.63) is 35.4 Å². The van der Waals surface area contributed by atoms with E-state index < -0.39 is 17.2 Å². The summed E-state index contributed by atoms with van der Waals surface area (Å²) in [5, 5.41) is 8.87. The number of benzene rings is 1. The molecule has 1 aromatic carbocycles. The maximum absolute atomic E-state index is 11.5. The Hall–Kier alpha value is -1.32. The molecule has 1 saturated heterocycles. The van der Waals surface area contributed by atoms with Gasteiger partial charge in [-0.25, -0.2) is 9.00 Å². The molecule has 0 spiro atoms. The Labute approximate surface area is 138 Å². The Kier molecular flexibility index (Phi) is 7.13. The third-order valence-corrected chi connectivity index (χ3v) is 4.65. The number of carbonyl (C=O) groups is 1. The second-order valence-corrected chi connectivity index (χ2v) is 6.34. The van der Waals surface area contributed by atoms with Crippen LogP contribution in [-0.4, -0.2) is 75.0 Å². The van der Waals surface area contributed by atoms with Crippen LogP contribution in [0.4, 0.5) is 0 Å². The lowest BCUT2D eigenvalue weighted by atomic mass is 10.1. The van der Waals surface area contributed by atoms with Crippen LogP contribution in [-0.2, 0) is 22.4 Å². The van der Waals surface area contributed by atoms with Crippen LogP contribution in [0.15, 0.2) is 24.3 Å². The van der Waals surface area contributed by atoms with E-state index in [0.717, 1.165) is 25.2 Å². The van der Waals surface area contributed by atoms with E-state index in [-0.39, 0.29) is 5.56 Å². The molecule has 1 aliphatic heterocycles. The van der Waals surface area contributed by atoms with Gasteiger partial charge in [0.05, 0.1) is 18.8 Å². The number of carboxylic acid groups (broad SMARTS) is 1. The minimum atomic E-state index is -2.01. The molecule has 0 amide bonds. The predicted octanol–water partition coefficient (Wildman–Crippen LogP) is 0.698. The van der Waals surface area contributed by atoms with E-state index in [9.17, 15) is 13.6 Å². The van der Waals surface area contributed by atoms with Crippen molar-refractivity contribution in [1.82, 2.24) is 9.21 Å². The maximum atomic E-state index is 11.5. The van der Waals surface area contributed by atoms with Gasteiger partial charge in [0.15, 0.2) is 0 Å². The molecule has 1 aliphatic rings. The quantitative estimate of drug-likeness (QED) is 0.676. The molecule has 1 heterocycles. The standard InChI is InChI=1S/C15H22N2O5S/c18-15(19)14-3-1-13(2-4-14)5-6-17(23(20)21)8-7-16-9-11-22-12-10-16/h1-4H,5-12H2,(H,18,19)(H,20,21). The van der Waals surface area contributed by atoms with Crippen molar-refractivity contribution >= 4 is 17.2 Å². The molecule has 7 nitrogen and oxygen atoms in total. The van der Waals surface area contributed by atoms with Crippen molar-refractivity contribution in [2.45, 2.75) is 6.42 Å². The van der Waals surface area contributed by atoms with Crippen LogP contribution in [0.2, 0.25) is 0 Å². The zero-order valence-corrected chi connectivity index (χ0v) is 13.7. The lowest BCUT2D eigenvalue weighted by molar-refractivity contribution is 0.0363. The Balaban J connectivity index is 1.81. The van der Waals surface area contributed by atoms with Crippen LogP contribution >= 0.6 is 0 Å². The molecule has 2 rings (SSSR count). The molecule has 1 fully saturated rings. The molecular formula is C15H22N2O5S. The zero-order valence-electron chi connectivity index (χ0n) is 12.9. The minimum absolute atomic E-state index is 0.239. The van der Waals surface area contributed by atoms with E-state index >= 15 is 0 Å². The van der Waals surface area contributed by atoms with Gasteiger partial charge >= 0.3 is 5.97 Å².